The molecule has 2 aromatic heterocycles. The van der Waals surface area contributed by atoms with Gasteiger partial charge in [-0.25, -0.2) is 4.98 Å². The molecule has 0 fully saturated rings. The zero-order valence-corrected chi connectivity index (χ0v) is 16.1. The number of rotatable bonds is 6. The van der Waals surface area contributed by atoms with E-state index in [0.29, 0.717) is 38.5 Å². The first-order chi connectivity index (χ1) is 12.4. The Balaban J connectivity index is 1.70. The van der Waals surface area contributed by atoms with Crippen molar-refractivity contribution in [2.45, 2.75) is 25.9 Å². The number of Topliss-reactive ketones (excluding diaryl/α,β-unsaturated/α-hetero) is 2. The summed E-state index contributed by atoms with van der Waals surface area (Å²) in [5, 5.41) is 8.12. The number of nitrogens with zero attached hydrogens (tertiary/aromatic N) is 2. The van der Waals surface area contributed by atoms with Crippen molar-refractivity contribution in [3.8, 4) is 11.4 Å². The van der Waals surface area contributed by atoms with E-state index in [0.717, 1.165) is 5.56 Å². The molecule has 0 bridgehead atoms. The summed E-state index contributed by atoms with van der Waals surface area (Å²) in [6, 6.07) is 7.24. The maximum atomic E-state index is 12.5. The largest absolute Gasteiger partial charge is 0.355 e. The van der Waals surface area contributed by atoms with Crippen LogP contribution in [0.2, 0.25) is 5.02 Å². The summed E-state index contributed by atoms with van der Waals surface area (Å²) < 4.78 is 0. The molecule has 0 unspecified atom stereocenters. The predicted molar refractivity (Wildman–Crippen MR) is 102 cm³/mol. The fraction of sp³-hybridized carbons (Fsp3) is 0.222. The molecule has 0 saturated heterocycles. The van der Waals surface area contributed by atoms with Crippen molar-refractivity contribution in [1.82, 2.24) is 20.2 Å². The zero-order chi connectivity index (χ0) is 18.8. The Morgan fingerprint density at radius 1 is 1.19 bits per heavy atom. The SMILES string of the molecule is CC(=O)c1c(C)[nH]c(C(=O)CSc2n[nH]c(-c3ccc(Cl)cc3)n2)c1C. The molecule has 2 heterocycles. The van der Waals surface area contributed by atoms with Gasteiger partial charge < -0.3 is 4.98 Å². The molecule has 26 heavy (non-hydrogen) atoms. The number of nitrogens with one attached hydrogen (secondary N) is 2. The number of ketones is 2. The average Bonchev–Trinajstić information content (AvgIpc) is 3.18. The monoisotopic (exact) mass is 388 g/mol. The fourth-order valence-corrected chi connectivity index (χ4v) is 3.60. The number of aromatic amines is 2. The van der Waals surface area contributed by atoms with Crippen molar-refractivity contribution in [3.05, 3.63) is 51.8 Å². The van der Waals surface area contributed by atoms with E-state index in [1.807, 2.05) is 12.1 Å². The Hall–Kier alpha value is -2.38. The molecule has 1 aromatic carbocycles. The summed E-state index contributed by atoms with van der Waals surface area (Å²) in [6.45, 7) is 5.07. The first-order valence-electron chi connectivity index (χ1n) is 7.91. The molecule has 3 aromatic rings. The summed E-state index contributed by atoms with van der Waals surface area (Å²) in [5.74, 6) is 0.642. The molecule has 2 N–H and O–H groups in total. The Bertz CT molecular complexity index is 976. The lowest BCUT2D eigenvalue weighted by molar-refractivity contribution is 0.101. The molecule has 0 saturated carbocycles. The minimum absolute atomic E-state index is 0.0514. The lowest BCUT2D eigenvalue weighted by atomic mass is 10.1. The average molecular weight is 389 g/mol. The molecule has 0 spiro atoms. The van der Waals surface area contributed by atoms with Gasteiger partial charge in [0.2, 0.25) is 5.16 Å². The first-order valence-corrected chi connectivity index (χ1v) is 9.27. The quantitative estimate of drug-likeness (QED) is 0.486. The van der Waals surface area contributed by atoms with E-state index in [-0.39, 0.29) is 17.3 Å². The standard InChI is InChI=1S/C18H17ClN4O2S/c1-9-15(11(3)24)10(2)20-16(9)14(25)8-26-18-21-17(22-23-18)12-4-6-13(19)7-5-12/h4-7,20H,8H2,1-3H3,(H,21,22,23). The van der Waals surface area contributed by atoms with Crippen molar-refractivity contribution in [3.63, 3.8) is 0 Å². The highest BCUT2D eigenvalue weighted by Crippen LogP contribution is 2.23. The summed E-state index contributed by atoms with van der Waals surface area (Å²) in [7, 11) is 0. The highest BCUT2D eigenvalue weighted by atomic mass is 35.5. The summed E-state index contributed by atoms with van der Waals surface area (Å²) in [5.41, 5.74) is 3.32. The molecule has 0 aliphatic heterocycles. The van der Waals surface area contributed by atoms with E-state index in [2.05, 4.69) is 20.2 Å². The highest BCUT2D eigenvalue weighted by molar-refractivity contribution is 7.99. The van der Waals surface area contributed by atoms with E-state index in [9.17, 15) is 9.59 Å². The van der Waals surface area contributed by atoms with Gasteiger partial charge in [0.15, 0.2) is 17.4 Å². The molecular formula is C18H17ClN4O2S. The maximum Gasteiger partial charge on any atom is 0.209 e. The van der Waals surface area contributed by atoms with Crippen LogP contribution >= 0.6 is 23.4 Å². The number of benzene rings is 1. The second-order valence-corrected chi connectivity index (χ2v) is 7.25. The molecule has 0 amide bonds. The van der Waals surface area contributed by atoms with Crippen LogP contribution in [-0.2, 0) is 0 Å². The molecular weight excluding hydrogens is 372 g/mol. The molecule has 0 aliphatic carbocycles. The molecule has 0 radical (unpaired) electrons. The number of H-pyrrole nitrogens is 2. The number of carbonyl (C=O) groups excluding carboxylic acids is 2. The van der Waals surface area contributed by atoms with Crippen molar-refractivity contribution in [2.75, 3.05) is 5.75 Å². The third-order valence-electron chi connectivity index (χ3n) is 3.98. The normalized spacial score (nSPS) is 10.9. The predicted octanol–water partition coefficient (Wildman–Crippen LogP) is 4.25. The second-order valence-electron chi connectivity index (χ2n) is 5.87. The van der Waals surface area contributed by atoms with E-state index >= 15 is 0 Å². The molecule has 8 heteroatoms. The third-order valence-corrected chi connectivity index (χ3v) is 5.08. The number of aromatic nitrogens is 4. The summed E-state index contributed by atoms with van der Waals surface area (Å²) >= 11 is 7.12. The van der Waals surface area contributed by atoms with E-state index in [4.69, 9.17) is 11.6 Å². The van der Waals surface area contributed by atoms with Crippen LogP contribution in [0.1, 0.15) is 39.0 Å². The topological polar surface area (TPSA) is 91.5 Å². The van der Waals surface area contributed by atoms with Gasteiger partial charge in [0, 0.05) is 21.8 Å². The first kappa shape index (κ1) is 18.4. The lowest BCUT2D eigenvalue weighted by Crippen LogP contribution is -2.05. The number of thioether (sulfide) groups is 1. The number of halogens is 1. The summed E-state index contributed by atoms with van der Waals surface area (Å²) in [6.07, 6.45) is 0. The van der Waals surface area contributed by atoms with E-state index < -0.39 is 0 Å². The van der Waals surface area contributed by atoms with Gasteiger partial charge in [-0.1, -0.05) is 23.4 Å². The second kappa shape index (κ2) is 7.47. The van der Waals surface area contributed by atoms with Crippen LogP contribution in [-0.4, -0.2) is 37.5 Å². The van der Waals surface area contributed by atoms with Gasteiger partial charge in [0.1, 0.15) is 0 Å². The number of hydrogen-bond acceptors (Lipinski definition) is 5. The van der Waals surface area contributed by atoms with E-state index in [1.165, 1.54) is 18.7 Å². The third kappa shape index (κ3) is 3.73. The zero-order valence-electron chi connectivity index (χ0n) is 14.5. The minimum Gasteiger partial charge on any atom is -0.355 e. The van der Waals surface area contributed by atoms with Crippen LogP contribution in [0.15, 0.2) is 29.4 Å². The molecule has 3 rings (SSSR count). The van der Waals surface area contributed by atoms with Crippen molar-refractivity contribution < 1.29 is 9.59 Å². The van der Waals surface area contributed by atoms with Crippen molar-refractivity contribution in [2.24, 2.45) is 0 Å². The van der Waals surface area contributed by atoms with Crippen LogP contribution in [0.5, 0.6) is 0 Å². The lowest BCUT2D eigenvalue weighted by Gasteiger charge is -1.99. The highest BCUT2D eigenvalue weighted by Gasteiger charge is 2.20. The van der Waals surface area contributed by atoms with Gasteiger partial charge in [-0.15, -0.1) is 5.10 Å². The van der Waals surface area contributed by atoms with Gasteiger partial charge in [0.05, 0.1) is 11.4 Å². The smallest absolute Gasteiger partial charge is 0.209 e. The van der Waals surface area contributed by atoms with Crippen molar-refractivity contribution in [1.29, 1.82) is 0 Å². The van der Waals surface area contributed by atoms with Gasteiger partial charge in [-0.05, 0) is 50.6 Å². The molecule has 134 valence electrons. The molecule has 0 atom stereocenters. The number of carbonyl (C=O) groups is 2. The van der Waals surface area contributed by atoms with Gasteiger partial charge >= 0.3 is 0 Å². The molecule has 6 nitrogen and oxygen atoms in total. The number of aryl methyl sites for hydroxylation is 1. The summed E-state index contributed by atoms with van der Waals surface area (Å²) in [4.78, 5) is 31.6. The van der Waals surface area contributed by atoms with Crippen LogP contribution in [0.25, 0.3) is 11.4 Å². The fourth-order valence-electron chi connectivity index (χ4n) is 2.81. The van der Waals surface area contributed by atoms with E-state index in [1.54, 1.807) is 26.0 Å². The number of hydrogen-bond donors (Lipinski definition) is 2. The van der Waals surface area contributed by atoms with Gasteiger partial charge in [-0.2, -0.15) is 0 Å². The van der Waals surface area contributed by atoms with Gasteiger partial charge in [0.25, 0.3) is 0 Å². The van der Waals surface area contributed by atoms with Crippen LogP contribution < -0.4 is 0 Å². The van der Waals surface area contributed by atoms with Gasteiger partial charge in [-0.3, -0.25) is 14.7 Å². The van der Waals surface area contributed by atoms with Crippen molar-refractivity contribution >= 4 is 34.9 Å². The van der Waals surface area contributed by atoms with Crippen LogP contribution in [0, 0.1) is 13.8 Å². The van der Waals surface area contributed by atoms with Crippen LogP contribution in [0.3, 0.4) is 0 Å². The molecule has 0 aliphatic rings. The van der Waals surface area contributed by atoms with Crippen LogP contribution in [0.4, 0.5) is 0 Å². The minimum atomic E-state index is -0.0963. The Kier molecular flexibility index (Phi) is 5.29. The Morgan fingerprint density at radius 3 is 2.50 bits per heavy atom. The maximum absolute atomic E-state index is 12.5. The Labute approximate surface area is 159 Å². The Morgan fingerprint density at radius 2 is 1.88 bits per heavy atom.